The van der Waals surface area contributed by atoms with Crippen molar-refractivity contribution in [1.29, 1.82) is 0 Å². The monoisotopic (exact) mass is 402 g/mol. The van der Waals surface area contributed by atoms with E-state index >= 15 is 0 Å². The Morgan fingerprint density at radius 3 is 2.45 bits per heavy atom. The lowest BCUT2D eigenvalue weighted by atomic mass is 10.2. The molecule has 0 aliphatic carbocycles. The van der Waals surface area contributed by atoms with Gasteiger partial charge in [-0.1, -0.05) is 18.2 Å². The summed E-state index contributed by atoms with van der Waals surface area (Å²) >= 11 is 0. The van der Waals surface area contributed by atoms with Gasteiger partial charge in [0.15, 0.2) is 18.1 Å². The highest BCUT2D eigenvalue weighted by molar-refractivity contribution is 5.93. The van der Waals surface area contributed by atoms with Gasteiger partial charge in [-0.2, -0.15) is 0 Å². The molecule has 0 radical (unpaired) electrons. The van der Waals surface area contributed by atoms with E-state index in [2.05, 4.69) is 5.32 Å². The van der Waals surface area contributed by atoms with Gasteiger partial charge in [0.05, 0.1) is 30.2 Å². The van der Waals surface area contributed by atoms with Crippen LogP contribution < -0.4 is 14.8 Å². The van der Waals surface area contributed by atoms with E-state index in [1.807, 2.05) is 13.0 Å². The topological polar surface area (TPSA) is 117 Å². The summed E-state index contributed by atoms with van der Waals surface area (Å²) < 4.78 is 15.9. The first-order chi connectivity index (χ1) is 13.9. The van der Waals surface area contributed by atoms with E-state index < -0.39 is 23.4 Å². The van der Waals surface area contributed by atoms with Gasteiger partial charge in [-0.25, -0.2) is 0 Å². The van der Waals surface area contributed by atoms with Crippen LogP contribution in [0.5, 0.6) is 11.5 Å². The zero-order chi connectivity index (χ0) is 21.2. The number of hydrogen-bond acceptors (Lipinski definition) is 7. The Hall–Kier alpha value is -3.62. The third-order valence-electron chi connectivity index (χ3n) is 3.78. The largest absolute Gasteiger partial charge is 0.490 e. The fourth-order valence-corrected chi connectivity index (χ4v) is 2.35. The van der Waals surface area contributed by atoms with Crippen LogP contribution in [-0.4, -0.2) is 36.6 Å². The number of para-hydroxylation sites is 2. The van der Waals surface area contributed by atoms with Crippen LogP contribution in [0.2, 0.25) is 0 Å². The highest BCUT2D eigenvalue weighted by atomic mass is 16.6. The van der Waals surface area contributed by atoms with Crippen molar-refractivity contribution >= 4 is 23.3 Å². The maximum absolute atomic E-state index is 12.0. The number of ether oxygens (including phenoxy) is 3. The molecule has 0 aliphatic rings. The van der Waals surface area contributed by atoms with E-state index in [0.29, 0.717) is 23.7 Å². The van der Waals surface area contributed by atoms with Crippen molar-refractivity contribution in [3.05, 3.63) is 58.1 Å². The predicted octanol–water partition coefficient (Wildman–Crippen LogP) is 3.25. The SMILES string of the molecule is CCOc1ccccc1OCCC(=O)OCC(=O)Nc1cc([N+](=O)[O-])ccc1C. The van der Waals surface area contributed by atoms with Gasteiger partial charge in [-0.05, 0) is 31.5 Å². The molecule has 1 N–H and O–H groups in total. The number of non-ortho nitro benzene ring substituents is 1. The van der Waals surface area contributed by atoms with Gasteiger partial charge >= 0.3 is 5.97 Å². The maximum Gasteiger partial charge on any atom is 0.309 e. The number of esters is 1. The summed E-state index contributed by atoms with van der Waals surface area (Å²) in [6.07, 6.45) is -0.0520. The summed E-state index contributed by atoms with van der Waals surface area (Å²) in [6.45, 7) is 3.60. The Labute approximate surface area is 167 Å². The van der Waals surface area contributed by atoms with Crippen molar-refractivity contribution in [2.45, 2.75) is 20.3 Å². The number of aryl methyl sites for hydroxylation is 1. The van der Waals surface area contributed by atoms with Gasteiger partial charge in [0.25, 0.3) is 11.6 Å². The number of nitro benzene ring substituents is 1. The van der Waals surface area contributed by atoms with Crippen molar-refractivity contribution in [2.75, 3.05) is 25.1 Å². The second kappa shape index (κ2) is 10.6. The Kier molecular flexibility index (Phi) is 7.96. The van der Waals surface area contributed by atoms with E-state index in [9.17, 15) is 19.7 Å². The molecule has 0 heterocycles. The Morgan fingerprint density at radius 2 is 1.79 bits per heavy atom. The van der Waals surface area contributed by atoms with Gasteiger partial charge in [0.1, 0.15) is 0 Å². The number of anilines is 1. The summed E-state index contributed by atoms with van der Waals surface area (Å²) in [4.78, 5) is 34.0. The lowest BCUT2D eigenvalue weighted by Crippen LogP contribution is -2.22. The van der Waals surface area contributed by atoms with Gasteiger partial charge in [0.2, 0.25) is 0 Å². The van der Waals surface area contributed by atoms with E-state index in [4.69, 9.17) is 14.2 Å². The average molecular weight is 402 g/mol. The van der Waals surface area contributed by atoms with Crippen LogP contribution in [0.3, 0.4) is 0 Å². The number of carbonyl (C=O) groups excluding carboxylic acids is 2. The van der Waals surface area contributed by atoms with Crippen LogP contribution >= 0.6 is 0 Å². The van der Waals surface area contributed by atoms with Crippen molar-refractivity contribution in [3.63, 3.8) is 0 Å². The number of nitrogens with one attached hydrogen (secondary N) is 1. The second-order valence-corrected chi connectivity index (χ2v) is 5.94. The van der Waals surface area contributed by atoms with Crippen LogP contribution in [0.25, 0.3) is 0 Å². The molecule has 9 heteroatoms. The normalized spacial score (nSPS) is 10.1. The summed E-state index contributed by atoms with van der Waals surface area (Å²) in [5.74, 6) is -0.106. The van der Waals surface area contributed by atoms with E-state index in [1.165, 1.54) is 18.2 Å². The third kappa shape index (κ3) is 6.80. The second-order valence-electron chi connectivity index (χ2n) is 5.94. The Bertz CT molecular complexity index is 883. The lowest BCUT2D eigenvalue weighted by Gasteiger charge is -2.11. The molecule has 29 heavy (non-hydrogen) atoms. The van der Waals surface area contributed by atoms with Crippen molar-refractivity contribution in [2.24, 2.45) is 0 Å². The van der Waals surface area contributed by atoms with Gasteiger partial charge < -0.3 is 19.5 Å². The van der Waals surface area contributed by atoms with Crippen LogP contribution in [0.1, 0.15) is 18.9 Å². The number of amides is 1. The first-order valence-electron chi connectivity index (χ1n) is 8.95. The molecule has 1 amide bonds. The molecule has 2 aromatic rings. The van der Waals surface area contributed by atoms with Crippen molar-refractivity contribution < 1.29 is 28.7 Å². The van der Waals surface area contributed by atoms with Crippen molar-refractivity contribution in [1.82, 2.24) is 0 Å². The van der Waals surface area contributed by atoms with Crippen LogP contribution in [0, 0.1) is 17.0 Å². The first-order valence-corrected chi connectivity index (χ1v) is 8.95. The third-order valence-corrected chi connectivity index (χ3v) is 3.78. The highest BCUT2D eigenvalue weighted by Gasteiger charge is 2.13. The molecule has 2 aromatic carbocycles. The first kappa shape index (κ1) is 21.7. The fourth-order valence-electron chi connectivity index (χ4n) is 2.35. The fraction of sp³-hybridized carbons (Fsp3) is 0.300. The number of carbonyl (C=O) groups is 2. The minimum Gasteiger partial charge on any atom is -0.490 e. The molecular formula is C20H22N2O7. The summed E-state index contributed by atoms with van der Waals surface area (Å²) in [6, 6.07) is 11.2. The molecule has 0 saturated carbocycles. The molecule has 0 aliphatic heterocycles. The lowest BCUT2D eigenvalue weighted by molar-refractivity contribution is -0.384. The summed E-state index contributed by atoms with van der Waals surface area (Å²) in [5, 5.41) is 13.3. The molecule has 0 atom stereocenters. The highest BCUT2D eigenvalue weighted by Crippen LogP contribution is 2.26. The van der Waals surface area contributed by atoms with E-state index in [0.717, 1.165) is 0 Å². The van der Waals surface area contributed by atoms with Crippen LogP contribution in [0.4, 0.5) is 11.4 Å². The molecule has 2 rings (SSSR count). The maximum atomic E-state index is 12.0. The number of nitro groups is 1. The molecule has 0 saturated heterocycles. The molecule has 0 unspecified atom stereocenters. The molecular weight excluding hydrogens is 380 g/mol. The number of nitrogens with zero attached hydrogens (tertiary/aromatic N) is 1. The number of hydrogen-bond donors (Lipinski definition) is 1. The predicted molar refractivity (Wildman–Crippen MR) is 105 cm³/mol. The van der Waals surface area contributed by atoms with Crippen LogP contribution in [-0.2, 0) is 14.3 Å². The molecule has 0 fully saturated rings. The van der Waals surface area contributed by atoms with Gasteiger partial charge in [-0.15, -0.1) is 0 Å². The number of benzene rings is 2. The summed E-state index contributed by atoms with van der Waals surface area (Å²) in [7, 11) is 0. The van der Waals surface area contributed by atoms with Gasteiger partial charge in [-0.3, -0.25) is 19.7 Å². The minimum absolute atomic E-state index is 0.0520. The zero-order valence-corrected chi connectivity index (χ0v) is 16.2. The Balaban J connectivity index is 1.77. The smallest absolute Gasteiger partial charge is 0.309 e. The standard InChI is InChI=1S/C20H22N2O7/c1-3-27-17-6-4-5-7-18(17)28-11-10-20(24)29-13-19(23)21-16-12-15(22(25)26)9-8-14(16)2/h4-9,12H,3,10-11,13H2,1-2H3,(H,21,23). The van der Waals surface area contributed by atoms with E-state index in [-0.39, 0.29) is 24.4 Å². The molecule has 0 spiro atoms. The van der Waals surface area contributed by atoms with Gasteiger partial charge in [0, 0.05) is 12.1 Å². The Morgan fingerprint density at radius 1 is 1.10 bits per heavy atom. The molecule has 0 bridgehead atoms. The van der Waals surface area contributed by atoms with Crippen molar-refractivity contribution in [3.8, 4) is 11.5 Å². The number of rotatable bonds is 10. The van der Waals surface area contributed by atoms with E-state index in [1.54, 1.807) is 25.1 Å². The molecule has 9 nitrogen and oxygen atoms in total. The molecule has 0 aromatic heterocycles. The zero-order valence-electron chi connectivity index (χ0n) is 16.2. The average Bonchev–Trinajstić information content (AvgIpc) is 2.69. The van der Waals surface area contributed by atoms with Crippen LogP contribution in [0.15, 0.2) is 42.5 Å². The molecule has 154 valence electrons. The summed E-state index contributed by atoms with van der Waals surface area (Å²) in [5.41, 5.74) is 0.792. The minimum atomic E-state index is -0.607. The quantitative estimate of drug-likeness (QED) is 0.368.